The summed E-state index contributed by atoms with van der Waals surface area (Å²) < 4.78 is 10.4. The molecular formula is C12H13NO5. The normalized spacial score (nSPS) is 19.1. The number of rotatable bonds is 5. The predicted molar refractivity (Wildman–Crippen MR) is 62.3 cm³/mol. The van der Waals surface area contributed by atoms with E-state index < -0.39 is 10.9 Å². The van der Waals surface area contributed by atoms with Crippen molar-refractivity contribution in [2.24, 2.45) is 0 Å². The lowest BCUT2D eigenvalue weighted by Crippen LogP contribution is -2.23. The smallest absolute Gasteiger partial charge is 0.338 e. The van der Waals surface area contributed by atoms with E-state index in [-0.39, 0.29) is 17.9 Å². The lowest BCUT2D eigenvalue weighted by molar-refractivity contribution is -0.384. The van der Waals surface area contributed by atoms with E-state index >= 15 is 0 Å². The van der Waals surface area contributed by atoms with Gasteiger partial charge in [0, 0.05) is 12.1 Å². The van der Waals surface area contributed by atoms with E-state index in [0.29, 0.717) is 18.6 Å². The average Bonchev–Trinajstić information content (AvgIpc) is 3.20. The van der Waals surface area contributed by atoms with E-state index in [1.54, 1.807) is 0 Å². The van der Waals surface area contributed by atoms with Gasteiger partial charge in [-0.1, -0.05) is 6.92 Å². The third-order valence-corrected chi connectivity index (χ3v) is 2.75. The Morgan fingerprint density at radius 1 is 1.56 bits per heavy atom. The van der Waals surface area contributed by atoms with E-state index in [9.17, 15) is 14.9 Å². The van der Waals surface area contributed by atoms with Crippen LogP contribution in [0.3, 0.4) is 0 Å². The third-order valence-electron chi connectivity index (χ3n) is 2.75. The molecule has 0 aromatic heterocycles. The molecule has 0 radical (unpaired) electrons. The van der Waals surface area contributed by atoms with E-state index in [1.165, 1.54) is 24.3 Å². The van der Waals surface area contributed by atoms with Crippen LogP contribution in [0.15, 0.2) is 24.3 Å². The minimum absolute atomic E-state index is 0.00278. The van der Waals surface area contributed by atoms with Gasteiger partial charge in [0.25, 0.3) is 5.69 Å². The number of epoxide rings is 1. The van der Waals surface area contributed by atoms with Crippen molar-refractivity contribution < 1.29 is 19.2 Å². The lowest BCUT2D eigenvalue weighted by atomic mass is 10.2. The Morgan fingerprint density at radius 2 is 2.17 bits per heavy atom. The molecule has 1 aliphatic heterocycles. The second-order valence-corrected chi connectivity index (χ2v) is 4.03. The number of carbonyl (C=O) groups excluding carboxylic acids is 1. The van der Waals surface area contributed by atoms with Crippen LogP contribution in [-0.2, 0) is 9.47 Å². The highest BCUT2D eigenvalue weighted by Crippen LogP contribution is 2.21. The van der Waals surface area contributed by atoms with Crippen LogP contribution in [0.1, 0.15) is 23.7 Å². The Balaban J connectivity index is 2.01. The van der Waals surface area contributed by atoms with E-state index in [2.05, 4.69) is 0 Å². The molecule has 1 saturated heterocycles. The van der Waals surface area contributed by atoms with Gasteiger partial charge in [0.1, 0.15) is 12.2 Å². The minimum Gasteiger partial charge on any atom is -0.456 e. The van der Waals surface area contributed by atoms with Gasteiger partial charge < -0.3 is 9.47 Å². The first-order valence-electron chi connectivity index (χ1n) is 5.69. The van der Waals surface area contributed by atoms with Crippen LogP contribution >= 0.6 is 0 Å². The van der Waals surface area contributed by atoms with Gasteiger partial charge in [0.15, 0.2) is 0 Å². The van der Waals surface area contributed by atoms with Crippen LogP contribution in [0, 0.1) is 10.1 Å². The van der Waals surface area contributed by atoms with Gasteiger partial charge in [-0.2, -0.15) is 0 Å². The molecule has 18 heavy (non-hydrogen) atoms. The predicted octanol–water partition coefficient (Wildman–Crippen LogP) is 1.93. The monoisotopic (exact) mass is 251 g/mol. The van der Waals surface area contributed by atoms with Crippen molar-refractivity contribution >= 4 is 11.7 Å². The summed E-state index contributed by atoms with van der Waals surface area (Å²) in [6.45, 7) is 2.53. The van der Waals surface area contributed by atoms with Crippen molar-refractivity contribution in [1.29, 1.82) is 0 Å². The minimum atomic E-state index is -0.512. The molecule has 0 spiro atoms. The number of benzene rings is 1. The largest absolute Gasteiger partial charge is 0.456 e. The van der Waals surface area contributed by atoms with Crippen molar-refractivity contribution in [3.05, 3.63) is 39.9 Å². The molecule has 1 aromatic carbocycles. The molecule has 6 nitrogen and oxygen atoms in total. The number of esters is 1. The number of hydrogen-bond acceptors (Lipinski definition) is 5. The second kappa shape index (κ2) is 5.14. The molecule has 6 heteroatoms. The number of ether oxygens (including phenoxy) is 2. The summed E-state index contributed by atoms with van der Waals surface area (Å²) in [6.07, 6.45) is 0.438. The first-order chi connectivity index (χ1) is 8.61. The zero-order valence-electron chi connectivity index (χ0n) is 9.87. The maximum atomic E-state index is 11.8. The highest BCUT2D eigenvalue weighted by Gasteiger charge is 2.34. The first kappa shape index (κ1) is 12.5. The number of nitro groups is 1. The number of nitro benzene ring substituents is 1. The molecule has 0 aliphatic carbocycles. The number of carbonyl (C=O) groups is 1. The first-order valence-corrected chi connectivity index (χ1v) is 5.69. The molecule has 0 N–H and O–H groups in total. The molecule has 1 aromatic rings. The summed E-state index contributed by atoms with van der Waals surface area (Å²) in [5.74, 6) is -0.479. The molecule has 0 amide bonds. The second-order valence-electron chi connectivity index (χ2n) is 4.03. The maximum absolute atomic E-state index is 11.8. The maximum Gasteiger partial charge on any atom is 0.338 e. The van der Waals surface area contributed by atoms with Gasteiger partial charge in [0.2, 0.25) is 0 Å². The van der Waals surface area contributed by atoms with Crippen LogP contribution in [0.4, 0.5) is 5.69 Å². The third kappa shape index (κ3) is 2.84. The van der Waals surface area contributed by atoms with Crippen molar-refractivity contribution in [2.45, 2.75) is 25.6 Å². The average molecular weight is 251 g/mol. The van der Waals surface area contributed by atoms with Gasteiger partial charge >= 0.3 is 5.97 Å². The van der Waals surface area contributed by atoms with Gasteiger partial charge in [-0.25, -0.2) is 4.79 Å². The molecule has 1 fully saturated rings. The lowest BCUT2D eigenvalue weighted by Gasteiger charge is -2.13. The SMILES string of the molecule is CC[C@H](OC(=O)c1ccc([N+](=O)[O-])cc1)[C@@H]1CO1. The Morgan fingerprint density at radius 3 is 2.61 bits per heavy atom. The van der Waals surface area contributed by atoms with E-state index in [0.717, 1.165) is 0 Å². The fourth-order valence-corrected chi connectivity index (χ4v) is 1.62. The van der Waals surface area contributed by atoms with Crippen molar-refractivity contribution in [3.8, 4) is 0 Å². The summed E-state index contributed by atoms with van der Waals surface area (Å²) in [6, 6.07) is 5.35. The summed E-state index contributed by atoms with van der Waals surface area (Å²) in [5, 5.41) is 10.5. The van der Waals surface area contributed by atoms with Crippen molar-refractivity contribution in [2.75, 3.05) is 6.61 Å². The number of hydrogen-bond donors (Lipinski definition) is 0. The van der Waals surface area contributed by atoms with Crippen LogP contribution < -0.4 is 0 Å². The van der Waals surface area contributed by atoms with Gasteiger partial charge in [-0.05, 0) is 18.6 Å². The molecule has 0 unspecified atom stereocenters. The number of non-ortho nitro benzene ring substituents is 1. The summed E-state index contributed by atoms with van der Waals surface area (Å²) in [5.41, 5.74) is 0.254. The van der Waals surface area contributed by atoms with Crippen molar-refractivity contribution in [3.63, 3.8) is 0 Å². The van der Waals surface area contributed by atoms with E-state index in [4.69, 9.17) is 9.47 Å². The Bertz CT molecular complexity index is 452. The summed E-state index contributed by atoms with van der Waals surface area (Å²) in [7, 11) is 0. The highest BCUT2D eigenvalue weighted by atomic mass is 16.6. The zero-order chi connectivity index (χ0) is 13.1. The Hall–Kier alpha value is -1.95. The van der Waals surface area contributed by atoms with Crippen LogP contribution in [-0.4, -0.2) is 29.7 Å². The summed E-state index contributed by atoms with van der Waals surface area (Å²) in [4.78, 5) is 21.7. The molecule has 1 heterocycles. The molecule has 0 bridgehead atoms. The highest BCUT2D eigenvalue weighted by molar-refractivity contribution is 5.89. The summed E-state index contributed by atoms with van der Waals surface area (Å²) >= 11 is 0. The van der Waals surface area contributed by atoms with E-state index in [1.807, 2.05) is 6.92 Å². The molecule has 1 aliphatic rings. The van der Waals surface area contributed by atoms with Crippen LogP contribution in [0.25, 0.3) is 0 Å². The topological polar surface area (TPSA) is 82.0 Å². The van der Waals surface area contributed by atoms with Crippen LogP contribution in [0.2, 0.25) is 0 Å². The quantitative estimate of drug-likeness (QED) is 0.345. The molecule has 96 valence electrons. The molecule has 2 atom stereocenters. The fraction of sp³-hybridized carbons (Fsp3) is 0.417. The van der Waals surface area contributed by atoms with Crippen LogP contribution in [0.5, 0.6) is 0 Å². The van der Waals surface area contributed by atoms with Gasteiger partial charge in [-0.3, -0.25) is 10.1 Å². The molecule has 0 saturated carbocycles. The standard InChI is InChI=1S/C12H13NO5/c1-2-10(11-7-17-11)18-12(14)8-3-5-9(6-4-8)13(15)16/h3-6,10-11H,2,7H2,1H3/t10-,11-/m0/s1. The zero-order valence-corrected chi connectivity index (χ0v) is 9.87. The van der Waals surface area contributed by atoms with Gasteiger partial charge in [0.05, 0.1) is 17.1 Å². The van der Waals surface area contributed by atoms with Crippen molar-refractivity contribution in [1.82, 2.24) is 0 Å². The molecular weight excluding hydrogens is 238 g/mol. The van der Waals surface area contributed by atoms with Gasteiger partial charge in [-0.15, -0.1) is 0 Å². The Kier molecular flexibility index (Phi) is 3.57. The molecule has 2 rings (SSSR count). The Labute approximate surface area is 104 Å². The fourth-order valence-electron chi connectivity index (χ4n) is 1.62. The number of nitrogens with zero attached hydrogens (tertiary/aromatic N) is 1.